The van der Waals surface area contributed by atoms with Gasteiger partial charge in [0, 0.05) is 11.8 Å². The van der Waals surface area contributed by atoms with E-state index in [4.69, 9.17) is 15.9 Å². The molecule has 0 aromatic heterocycles. The number of benzene rings is 1. The third kappa shape index (κ3) is 2.54. The molecule has 0 saturated heterocycles. The van der Waals surface area contributed by atoms with Gasteiger partial charge in [-0.15, -0.1) is 0 Å². The predicted octanol–water partition coefficient (Wildman–Crippen LogP) is 2.87. The molecule has 20 heavy (non-hydrogen) atoms. The van der Waals surface area contributed by atoms with E-state index in [1.54, 1.807) is 0 Å². The van der Waals surface area contributed by atoms with Crippen molar-refractivity contribution >= 4 is 5.84 Å². The minimum atomic E-state index is -2.22. The monoisotopic (exact) mass is 294 g/mol. The number of ether oxygens (including phenoxy) is 1. The highest BCUT2D eigenvalue weighted by Crippen LogP contribution is 2.49. The Hall–Kier alpha value is -1.86. The molecule has 0 radical (unpaired) electrons. The Labute approximate surface area is 111 Å². The molecule has 0 amide bonds. The van der Waals surface area contributed by atoms with Crippen LogP contribution in [0.1, 0.15) is 19.3 Å². The first-order valence-electron chi connectivity index (χ1n) is 5.74. The molecule has 8 heteroatoms. The van der Waals surface area contributed by atoms with E-state index < -0.39 is 40.3 Å². The van der Waals surface area contributed by atoms with Crippen molar-refractivity contribution in [3.63, 3.8) is 0 Å². The van der Waals surface area contributed by atoms with E-state index in [2.05, 4.69) is 0 Å². The molecule has 1 fully saturated rings. The molecule has 1 aromatic carbocycles. The second kappa shape index (κ2) is 4.92. The van der Waals surface area contributed by atoms with Gasteiger partial charge in [-0.2, -0.15) is 8.78 Å². The molecule has 0 aliphatic heterocycles. The van der Waals surface area contributed by atoms with Crippen LogP contribution < -0.4 is 10.5 Å². The maximum Gasteiger partial charge on any atom is 0.206 e. The van der Waals surface area contributed by atoms with E-state index in [-0.39, 0.29) is 18.9 Å². The van der Waals surface area contributed by atoms with Crippen molar-refractivity contribution in [2.75, 3.05) is 6.61 Å². The van der Waals surface area contributed by atoms with Crippen LogP contribution in [0.4, 0.5) is 22.0 Å². The Morgan fingerprint density at radius 1 is 1.00 bits per heavy atom. The third-order valence-corrected chi connectivity index (χ3v) is 3.21. The molecule has 0 unspecified atom stereocenters. The van der Waals surface area contributed by atoms with Gasteiger partial charge in [0.15, 0.2) is 5.75 Å². The first-order chi connectivity index (χ1) is 9.27. The van der Waals surface area contributed by atoms with Crippen molar-refractivity contribution in [2.24, 2.45) is 11.1 Å². The molecule has 1 aliphatic rings. The minimum Gasteiger partial charge on any atom is -0.487 e. The van der Waals surface area contributed by atoms with Crippen LogP contribution in [0.25, 0.3) is 0 Å². The van der Waals surface area contributed by atoms with Crippen molar-refractivity contribution in [3.05, 3.63) is 29.1 Å². The van der Waals surface area contributed by atoms with Gasteiger partial charge in [0.1, 0.15) is 0 Å². The number of halogens is 5. The number of hydrogen-bond donors (Lipinski definition) is 2. The summed E-state index contributed by atoms with van der Waals surface area (Å²) in [7, 11) is 0. The summed E-state index contributed by atoms with van der Waals surface area (Å²) in [5, 5.41) is 7.16. The van der Waals surface area contributed by atoms with Crippen molar-refractivity contribution < 1.29 is 26.7 Å². The maximum atomic E-state index is 13.3. The summed E-state index contributed by atoms with van der Waals surface area (Å²) in [6, 6.07) is 0. The van der Waals surface area contributed by atoms with Crippen molar-refractivity contribution in [2.45, 2.75) is 19.3 Å². The largest absolute Gasteiger partial charge is 0.487 e. The number of hydrogen-bond acceptors (Lipinski definition) is 2. The van der Waals surface area contributed by atoms with Crippen LogP contribution in [0, 0.1) is 39.9 Å². The average Bonchev–Trinajstić information content (AvgIpc) is 3.13. The molecule has 110 valence electrons. The van der Waals surface area contributed by atoms with Crippen molar-refractivity contribution in [1.82, 2.24) is 0 Å². The van der Waals surface area contributed by atoms with Gasteiger partial charge in [-0.1, -0.05) is 0 Å². The highest BCUT2D eigenvalue weighted by atomic mass is 19.2. The lowest BCUT2D eigenvalue weighted by Gasteiger charge is -2.16. The topological polar surface area (TPSA) is 59.1 Å². The molecule has 3 N–H and O–H groups in total. The first-order valence-corrected chi connectivity index (χ1v) is 5.74. The van der Waals surface area contributed by atoms with E-state index in [1.807, 2.05) is 0 Å². The molecular weight excluding hydrogens is 283 g/mol. The average molecular weight is 294 g/mol. The molecule has 1 aliphatic carbocycles. The standard InChI is InChI=1S/C12H11F5N2O/c13-6-7(14)9(16)11(10(17)8(6)15)20-4-12(1-2-12)3-5(18)19/h1-4H2,(H3,18,19). The second-order valence-electron chi connectivity index (χ2n) is 4.89. The zero-order valence-electron chi connectivity index (χ0n) is 10.2. The lowest BCUT2D eigenvalue weighted by Crippen LogP contribution is -2.22. The fourth-order valence-corrected chi connectivity index (χ4v) is 1.89. The molecule has 1 saturated carbocycles. The molecule has 2 rings (SSSR count). The molecule has 0 atom stereocenters. The van der Waals surface area contributed by atoms with Crippen LogP contribution in [0.3, 0.4) is 0 Å². The van der Waals surface area contributed by atoms with Crippen molar-refractivity contribution in [3.8, 4) is 5.75 Å². The Bertz CT molecular complexity index is 542. The minimum absolute atomic E-state index is 0.122. The van der Waals surface area contributed by atoms with Gasteiger partial charge in [0.25, 0.3) is 0 Å². The Morgan fingerprint density at radius 3 is 1.85 bits per heavy atom. The van der Waals surface area contributed by atoms with Gasteiger partial charge < -0.3 is 10.5 Å². The van der Waals surface area contributed by atoms with Gasteiger partial charge in [-0.25, -0.2) is 13.2 Å². The fraction of sp³-hybridized carbons (Fsp3) is 0.417. The first kappa shape index (κ1) is 14.5. The summed E-state index contributed by atoms with van der Waals surface area (Å²) >= 11 is 0. The smallest absolute Gasteiger partial charge is 0.206 e. The highest BCUT2D eigenvalue weighted by molar-refractivity contribution is 5.78. The summed E-state index contributed by atoms with van der Waals surface area (Å²) in [5.41, 5.74) is 4.68. The summed E-state index contributed by atoms with van der Waals surface area (Å²) in [6.07, 6.45) is 1.38. The number of nitrogens with one attached hydrogen (secondary N) is 1. The molecule has 0 spiro atoms. The molecular formula is C12H11F5N2O. The molecule has 3 nitrogen and oxygen atoms in total. The van der Waals surface area contributed by atoms with E-state index in [9.17, 15) is 22.0 Å². The summed E-state index contributed by atoms with van der Waals surface area (Å²) in [5.74, 6) is -11.7. The third-order valence-electron chi connectivity index (χ3n) is 3.21. The predicted molar refractivity (Wildman–Crippen MR) is 59.9 cm³/mol. The van der Waals surface area contributed by atoms with E-state index >= 15 is 0 Å². The lowest BCUT2D eigenvalue weighted by atomic mass is 10.0. The normalized spacial score (nSPS) is 16.1. The lowest BCUT2D eigenvalue weighted by molar-refractivity contribution is 0.209. The summed E-state index contributed by atoms with van der Waals surface area (Å²) in [4.78, 5) is 0. The van der Waals surface area contributed by atoms with Gasteiger partial charge in [0.2, 0.25) is 29.1 Å². The maximum absolute atomic E-state index is 13.3. The highest BCUT2D eigenvalue weighted by Gasteiger charge is 2.44. The van der Waals surface area contributed by atoms with Crippen LogP contribution in [-0.4, -0.2) is 12.4 Å². The van der Waals surface area contributed by atoms with Gasteiger partial charge in [-0.3, -0.25) is 5.41 Å². The Kier molecular flexibility index (Phi) is 3.58. The Morgan fingerprint density at radius 2 is 1.45 bits per heavy atom. The van der Waals surface area contributed by atoms with Gasteiger partial charge >= 0.3 is 0 Å². The zero-order valence-corrected chi connectivity index (χ0v) is 10.2. The summed E-state index contributed by atoms with van der Waals surface area (Å²) < 4.78 is 70.2. The van der Waals surface area contributed by atoms with Crippen LogP contribution in [0.5, 0.6) is 5.75 Å². The van der Waals surface area contributed by atoms with Crippen molar-refractivity contribution in [1.29, 1.82) is 5.41 Å². The van der Waals surface area contributed by atoms with Crippen LogP contribution >= 0.6 is 0 Å². The van der Waals surface area contributed by atoms with E-state index in [0.29, 0.717) is 12.8 Å². The van der Waals surface area contributed by atoms with Gasteiger partial charge in [-0.05, 0) is 12.8 Å². The van der Waals surface area contributed by atoms with Crippen LogP contribution in [-0.2, 0) is 0 Å². The Balaban J connectivity index is 2.21. The quantitative estimate of drug-likeness (QED) is 0.288. The number of nitrogens with two attached hydrogens (primary N) is 1. The van der Waals surface area contributed by atoms with E-state index in [1.165, 1.54) is 0 Å². The number of rotatable bonds is 5. The SMILES string of the molecule is N=C(N)CC1(COc2c(F)c(F)c(F)c(F)c2F)CC1. The van der Waals surface area contributed by atoms with Crippen LogP contribution in [0.2, 0.25) is 0 Å². The van der Waals surface area contributed by atoms with Crippen LogP contribution in [0.15, 0.2) is 0 Å². The molecule has 0 heterocycles. The number of amidine groups is 1. The molecule has 0 bridgehead atoms. The zero-order chi connectivity index (χ0) is 15.1. The summed E-state index contributed by atoms with van der Waals surface area (Å²) in [6.45, 7) is -0.259. The van der Waals surface area contributed by atoms with E-state index in [0.717, 1.165) is 0 Å². The molecule has 1 aromatic rings. The fourth-order valence-electron chi connectivity index (χ4n) is 1.89. The second-order valence-corrected chi connectivity index (χ2v) is 4.89. The van der Waals surface area contributed by atoms with Gasteiger partial charge in [0.05, 0.1) is 12.4 Å².